The van der Waals surface area contributed by atoms with Gasteiger partial charge < -0.3 is 5.73 Å². The fourth-order valence-electron chi connectivity index (χ4n) is 0.114. The third kappa shape index (κ3) is 6.66. The molecule has 0 fully saturated rings. The van der Waals surface area contributed by atoms with Crippen LogP contribution in [0.5, 0.6) is 0 Å². The van der Waals surface area contributed by atoms with E-state index >= 15 is 0 Å². The average Bonchev–Trinajstić information content (AvgIpc) is 1.99. The van der Waals surface area contributed by atoms with Crippen LogP contribution in [0.15, 0.2) is 0 Å². The zero-order chi connectivity index (χ0) is 12.5. The third-order valence-electron chi connectivity index (χ3n) is 0.302. The molecule has 3 heteroatoms. The predicted molar refractivity (Wildman–Crippen MR) is 44.3 cm³/mol. The Bertz CT molecular complexity index is 214. The highest BCUT2D eigenvalue weighted by atomic mass is 33.1. The SMILES string of the molecule is [2H]C(N)C([2H])([2H])SSC([2H])([2H])C([2H])([2H])C. The molecule has 0 saturated heterocycles. The Morgan fingerprint density at radius 3 is 2.62 bits per heavy atom. The van der Waals surface area contributed by atoms with Crippen molar-refractivity contribution in [1.29, 1.82) is 0 Å². The van der Waals surface area contributed by atoms with Gasteiger partial charge in [-0.2, -0.15) is 0 Å². The van der Waals surface area contributed by atoms with Crippen LogP contribution in [0, 0.1) is 0 Å². The topological polar surface area (TPSA) is 26.0 Å². The lowest BCUT2D eigenvalue weighted by molar-refractivity contribution is 1.11. The average molecular weight is 158 g/mol. The summed E-state index contributed by atoms with van der Waals surface area (Å²) in [6.45, 7) is -0.412. The lowest BCUT2D eigenvalue weighted by Gasteiger charge is -1.93. The largest absolute Gasteiger partial charge is 0.330 e. The lowest BCUT2D eigenvalue weighted by atomic mass is 10.6. The number of hydrogen-bond acceptors (Lipinski definition) is 3. The van der Waals surface area contributed by atoms with Gasteiger partial charge in [-0.3, -0.25) is 0 Å². The second-order valence-electron chi connectivity index (χ2n) is 0.803. The Morgan fingerprint density at radius 2 is 2.12 bits per heavy atom. The molecule has 8 heavy (non-hydrogen) atoms. The van der Waals surface area contributed by atoms with Gasteiger partial charge in [0.2, 0.25) is 0 Å². The molecule has 0 saturated carbocycles. The molecule has 0 aliphatic carbocycles. The van der Waals surface area contributed by atoms with E-state index in [0.717, 1.165) is 6.92 Å². The maximum absolute atomic E-state index is 7.36. The Balaban J connectivity index is 4.40. The standard InChI is InChI=1S/C5H13NS2/c1-2-4-7-8-5-3-6/h2-6H2,1H3/i2D2,3D,4D2,5D2. The van der Waals surface area contributed by atoms with Crippen LogP contribution >= 0.6 is 21.6 Å². The van der Waals surface area contributed by atoms with Crippen molar-refractivity contribution in [3.63, 3.8) is 0 Å². The van der Waals surface area contributed by atoms with Crippen LogP contribution in [0.3, 0.4) is 0 Å². The molecule has 1 unspecified atom stereocenters. The minimum atomic E-state index is -2.24. The van der Waals surface area contributed by atoms with E-state index in [-0.39, 0.29) is 0 Å². The Labute approximate surface area is 69.0 Å². The van der Waals surface area contributed by atoms with E-state index < -0.39 is 24.3 Å². The van der Waals surface area contributed by atoms with Gasteiger partial charge in [0.05, 0.1) is 0 Å². The number of nitrogens with two attached hydrogens (primary N) is 1. The summed E-state index contributed by atoms with van der Waals surface area (Å²) in [5, 5.41) is 0. The Kier molecular flexibility index (Phi) is 2.26. The van der Waals surface area contributed by atoms with E-state index in [4.69, 9.17) is 15.3 Å². The molecule has 0 aromatic carbocycles. The van der Waals surface area contributed by atoms with Gasteiger partial charge in [0.15, 0.2) is 0 Å². The normalized spacial score (nSPS) is 32.0. The van der Waals surface area contributed by atoms with Crippen molar-refractivity contribution < 1.29 is 9.60 Å². The lowest BCUT2D eigenvalue weighted by Crippen LogP contribution is -1.99. The van der Waals surface area contributed by atoms with E-state index in [1.54, 1.807) is 0 Å². The predicted octanol–water partition coefficient (Wildman–Crippen LogP) is 1.74. The first-order chi connectivity index (χ1) is 6.40. The molecule has 0 aliphatic heterocycles. The van der Waals surface area contributed by atoms with Crippen LogP contribution in [-0.4, -0.2) is 17.9 Å². The first-order valence-electron chi connectivity index (χ1n) is 5.52. The molecule has 0 heterocycles. The zero-order valence-corrected chi connectivity index (χ0v) is 6.10. The number of hydrogen-bond donors (Lipinski definition) is 1. The summed E-state index contributed by atoms with van der Waals surface area (Å²) in [5.74, 6) is 0. The smallest absolute Gasteiger partial charge is 0.0434 e. The summed E-state index contributed by atoms with van der Waals surface area (Å²) >= 11 is 0. The fourth-order valence-corrected chi connectivity index (χ4v) is 1.03. The van der Waals surface area contributed by atoms with Crippen LogP contribution in [-0.2, 0) is 0 Å². The van der Waals surface area contributed by atoms with E-state index in [1.165, 1.54) is 0 Å². The summed E-state index contributed by atoms with van der Waals surface area (Å²) in [5.41, 5.74) is 0.706. The van der Waals surface area contributed by atoms with E-state index in [9.17, 15) is 0 Å². The maximum atomic E-state index is 7.36. The molecule has 0 aliphatic rings. The number of rotatable bonds is 5. The Hall–Kier alpha value is 0.660. The van der Waals surface area contributed by atoms with Gasteiger partial charge >= 0.3 is 0 Å². The molecular formula is C5H13NS2. The van der Waals surface area contributed by atoms with Crippen molar-refractivity contribution in [1.82, 2.24) is 0 Å². The molecular weight excluding hydrogens is 138 g/mol. The van der Waals surface area contributed by atoms with Crippen molar-refractivity contribution in [2.45, 2.75) is 13.3 Å². The fraction of sp³-hybridized carbons (Fsp3) is 1.00. The summed E-state index contributed by atoms with van der Waals surface area (Å²) in [6, 6.07) is 0. The van der Waals surface area contributed by atoms with Gasteiger partial charge in [0, 0.05) is 27.5 Å². The highest BCUT2D eigenvalue weighted by Gasteiger charge is 1.83. The minimum absolute atomic E-state index is 0.421. The van der Waals surface area contributed by atoms with Crippen LogP contribution in [0.1, 0.15) is 22.9 Å². The van der Waals surface area contributed by atoms with Gasteiger partial charge in [0.1, 0.15) is 0 Å². The maximum Gasteiger partial charge on any atom is 0.0434 e. The minimum Gasteiger partial charge on any atom is -0.330 e. The van der Waals surface area contributed by atoms with Crippen molar-refractivity contribution in [3.05, 3.63) is 0 Å². The molecule has 0 rings (SSSR count). The summed E-state index contributed by atoms with van der Waals surface area (Å²) in [4.78, 5) is 0. The summed E-state index contributed by atoms with van der Waals surface area (Å²) in [7, 11) is 0.864. The van der Waals surface area contributed by atoms with Crippen molar-refractivity contribution >= 4 is 21.6 Å². The van der Waals surface area contributed by atoms with Gasteiger partial charge in [-0.25, -0.2) is 0 Å². The molecule has 0 spiro atoms. The van der Waals surface area contributed by atoms with Gasteiger partial charge in [-0.15, -0.1) is 0 Å². The molecule has 0 radical (unpaired) electrons. The third-order valence-corrected chi connectivity index (χ3v) is 1.69. The monoisotopic (exact) mass is 158 g/mol. The van der Waals surface area contributed by atoms with Crippen molar-refractivity contribution in [2.75, 3.05) is 17.9 Å². The zero-order valence-electron chi connectivity index (χ0n) is 11.5. The molecule has 0 aromatic heterocycles. The van der Waals surface area contributed by atoms with Gasteiger partial charge in [-0.1, -0.05) is 28.5 Å². The molecule has 1 atom stereocenters. The molecule has 50 valence electrons. The van der Waals surface area contributed by atoms with Crippen LogP contribution in [0.25, 0.3) is 0 Å². The van der Waals surface area contributed by atoms with Crippen LogP contribution in [0.4, 0.5) is 0 Å². The van der Waals surface area contributed by atoms with E-state index in [2.05, 4.69) is 0 Å². The van der Waals surface area contributed by atoms with Gasteiger partial charge in [-0.05, 0) is 6.37 Å². The van der Waals surface area contributed by atoms with Crippen molar-refractivity contribution in [2.24, 2.45) is 5.73 Å². The second kappa shape index (κ2) is 7.66. The first kappa shape index (κ1) is 2.36. The van der Waals surface area contributed by atoms with Crippen LogP contribution < -0.4 is 5.73 Å². The highest BCUT2D eigenvalue weighted by molar-refractivity contribution is 8.76. The van der Waals surface area contributed by atoms with Gasteiger partial charge in [0.25, 0.3) is 0 Å². The summed E-state index contributed by atoms with van der Waals surface area (Å²) in [6.07, 6.45) is -2.09. The quantitative estimate of drug-likeness (QED) is 0.617. The molecule has 2 N–H and O–H groups in total. The molecule has 1 nitrogen and oxygen atoms in total. The molecule has 0 amide bonds. The van der Waals surface area contributed by atoms with E-state index in [1.807, 2.05) is 0 Å². The van der Waals surface area contributed by atoms with Crippen LogP contribution in [0.2, 0.25) is 0 Å². The highest BCUT2D eigenvalue weighted by Crippen LogP contribution is 2.20. The molecule has 0 aromatic rings. The van der Waals surface area contributed by atoms with E-state index in [0.29, 0.717) is 21.6 Å². The summed E-state index contributed by atoms with van der Waals surface area (Å²) < 4.78 is 50.7. The first-order valence-corrected chi connectivity index (χ1v) is 4.10. The Morgan fingerprint density at radius 1 is 1.50 bits per heavy atom. The van der Waals surface area contributed by atoms with Crippen molar-refractivity contribution in [3.8, 4) is 0 Å². The second-order valence-corrected chi connectivity index (χ2v) is 2.58. The molecule has 0 bridgehead atoms.